The van der Waals surface area contributed by atoms with Crippen molar-refractivity contribution >= 4 is 5.78 Å². The molecule has 76 valence electrons. The highest BCUT2D eigenvalue weighted by Gasteiger charge is 2.22. The van der Waals surface area contributed by atoms with E-state index >= 15 is 0 Å². The number of hydrogen-bond donors (Lipinski definition) is 1. The van der Waals surface area contributed by atoms with Crippen LogP contribution in [0.5, 0.6) is 0 Å². The van der Waals surface area contributed by atoms with Gasteiger partial charge in [-0.05, 0) is 0 Å². The zero-order valence-corrected chi connectivity index (χ0v) is 8.26. The summed E-state index contributed by atoms with van der Waals surface area (Å²) in [6.45, 7) is 3.55. The first-order chi connectivity index (χ1) is 7.15. The molecular formula is C11H12N3O+. The molecule has 0 aliphatic carbocycles. The molecule has 0 bridgehead atoms. The molecule has 1 atom stereocenters. The molecule has 1 heterocycles. The Labute approximate surface area is 88.3 Å². The zero-order chi connectivity index (χ0) is 11.3. The summed E-state index contributed by atoms with van der Waals surface area (Å²) in [5, 5.41) is 8.72. The predicted octanol–water partition coefficient (Wildman–Crippen LogP) is 0.155. The van der Waals surface area contributed by atoms with Crippen LogP contribution in [0.2, 0.25) is 0 Å². The summed E-state index contributed by atoms with van der Waals surface area (Å²) in [5.74, 6) is -1.17. The Kier molecular flexibility index (Phi) is 3.58. The van der Waals surface area contributed by atoms with Crippen molar-refractivity contribution in [3.63, 3.8) is 0 Å². The number of Topliss-reactive ketones (excluding diaryl/α,β-unsaturated/α-hetero) is 1. The number of allylic oxidation sites excluding steroid dienone is 1. The fraction of sp³-hybridized carbons (Fsp3) is 0.182. The number of aromatic nitrogens is 1. The summed E-state index contributed by atoms with van der Waals surface area (Å²) < 4.78 is 1.69. The van der Waals surface area contributed by atoms with Crippen molar-refractivity contribution in [3.05, 3.63) is 42.9 Å². The lowest BCUT2D eigenvalue weighted by Crippen LogP contribution is -2.40. The Bertz CT molecular complexity index is 406. The van der Waals surface area contributed by atoms with Crippen LogP contribution in [-0.2, 0) is 11.3 Å². The van der Waals surface area contributed by atoms with E-state index in [-0.39, 0.29) is 18.0 Å². The number of ketones is 1. The van der Waals surface area contributed by atoms with Gasteiger partial charge in [-0.1, -0.05) is 12.6 Å². The average molecular weight is 202 g/mol. The van der Waals surface area contributed by atoms with Gasteiger partial charge < -0.3 is 5.73 Å². The summed E-state index contributed by atoms with van der Waals surface area (Å²) in [6, 6.07) is 7.31. The van der Waals surface area contributed by atoms with Crippen LogP contribution in [0.3, 0.4) is 0 Å². The predicted molar refractivity (Wildman–Crippen MR) is 54.1 cm³/mol. The number of hydrogen-bond acceptors (Lipinski definition) is 3. The van der Waals surface area contributed by atoms with Crippen molar-refractivity contribution in [3.8, 4) is 6.07 Å². The van der Waals surface area contributed by atoms with Crippen LogP contribution < -0.4 is 10.3 Å². The Balaban J connectivity index is 2.72. The minimum atomic E-state index is -0.919. The number of nitrogens with two attached hydrogens (primary N) is 1. The van der Waals surface area contributed by atoms with Crippen molar-refractivity contribution in [2.75, 3.05) is 0 Å². The van der Waals surface area contributed by atoms with E-state index in [0.717, 1.165) is 0 Å². The molecule has 1 rings (SSSR count). The highest BCUT2D eigenvalue weighted by molar-refractivity contribution is 5.84. The van der Waals surface area contributed by atoms with Gasteiger partial charge in [0, 0.05) is 17.8 Å². The van der Waals surface area contributed by atoms with E-state index in [1.54, 1.807) is 17.0 Å². The highest BCUT2D eigenvalue weighted by Crippen LogP contribution is 2.03. The molecular weight excluding hydrogens is 190 g/mol. The number of pyridine rings is 1. The van der Waals surface area contributed by atoms with Gasteiger partial charge in [0.1, 0.15) is 5.92 Å². The second-order valence-corrected chi connectivity index (χ2v) is 3.15. The Morgan fingerprint density at radius 1 is 1.47 bits per heavy atom. The second-order valence-electron chi connectivity index (χ2n) is 3.15. The first-order valence-electron chi connectivity index (χ1n) is 4.46. The van der Waals surface area contributed by atoms with E-state index in [1.807, 2.05) is 24.3 Å². The fourth-order valence-electron chi connectivity index (χ4n) is 1.17. The normalized spacial score (nSPS) is 11.4. The lowest BCUT2D eigenvalue weighted by atomic mass is 10.0. The average Bonchev–Trinajstić information content (AvgIpc) is 2.19. The molecule has 4 heteroatoms. The molecule has 0 saturated carbocycles. The molecule has 0 amide bonds. The highest BCUT2D eigenvalue weighted by atomic mass is 16.1. The number of rotatable bonds is 4. The van der Waals surface area contributed by atoms with Gasteiger partial charge in [0.25, 0.3) is 0 Å². The van der Waals surface area contributed by atoms with Gasteiger partial charge >= 0.3 is 0 Å². The van der Waals surface area contributed by atoms with E-state index in [0.29, 0.717) is 0 Å². The molecule has 0 saturated heterocycles. The van der Waals surface area contributed by atoms with E-state index < -0.39 is 5.92 Å². The molecule has 15 heavy (non-hydrogen) atoms. The van der Waals surface area contributed by atoms with Gasteiger partial charge in [0.2, 0.25) is 12.3 Å². The smallest absolute Gasteiger partial charge is 0.220 e. The number of carbonyl (C=O) groups excluding carboxylic acids is 1. The maximum absolute atomic E-state index is 11.6. The molecule has 0 aromatic carbocycles. The van der Waals surface area contributed by atoms with Crippen LogP contribution in [0.4, 0.5) is 0 Å². The molecule has 1 aromatic rings. The standard InChI is InChI=1S/C11H12N3O/c1-9(13)10(7-12)11(15)8-14-5-3-2-4-6-14/h2-6,10H,1,8,13H2/q+1/t10-/m0/s1. The number of nitrogens with zero attached hydrogens (tertiary/aromatic N) is 2. The molecule has 1 aromatic heterocycles. The minimum Gasteiger partial charge on any atom is -0.401 e. The monoisotopic (exact) mass is 202 g/mol. The molecule has 0 fully saturated rings. The Morgan fingerprint density at radius 3 is 2.53 bits per heavy atom. The van der Waals surface area contributed by atoms with Crippen molar-refractivity contribution in [1.82, 2.24) is 0 Å². The summed E-state index contributed by atoms with van der Waals surface area (Å²) in [6.07, 6.45) is 3.51. The van der Waals surface area contributed by atoms with Crippen LogP contribution in [0.15, 0.2) is 42.9 Å². The van der Waals surface area contributed by atoms with Crippen molar-refractivity contribution < 1.29 is 9.36 Å². The summed E-state index contributed by atoms with van der Waals surface area (Å²) >= 11 is 0. The van der Waals surface area contributed by atoms with E-state index in [4.69, 9.17) is 11.0 Å². The van der Waals surface area contributed by atoms with Crippen molar-refractivity contribution in [2.45, 2.75) is 6.54 Å². The lowest BCUT2D eigenvalue weighted by molar-refractivity contribution is -0.684. The molecule has 0 aliphatic heterocycles. The molecule has 4 nitrogen and oxygen atoms in total. The van der Waals surface area contributed by atoms with Crippen LogP contribution in [-0.4, -0.2) is 5.78 Å². The molecule has 0 spiro atoms. The topological polar surface area (TPSA) is 70.8 Å². The second kappa shape index (κ2) is 4.91. The maximum Gasteiger partial charge on any atom is 0.220 e. The minimum absolute atomic E-state index is 0.0963. The van der Waals surface area contributed by atoms with Crippen molar-refractivity contribution in [2.24, 2.45) is 11.7 Å². The summed E-state index contributed by atoms with van der Waals surface area (Å²) in [5.41, 5.74) is 5.45. The lowest BCUT2D eigenvalue weighted by Gasteiger charge is -2.03. The fourth-order valence-corrected chi connectivity index (χ4v) is 1.17. The van der Waals surface area contributed by atoms with Gasteiger partial charge in [-0.25, -0.2) is 0 Å². The van der Waals surface area contributed by atoms with Gasteiger partial charge in [-0.15, -0.1) is 0 Å². The van der Waals surface area contributed by atoms with Gasteiger partial charge in [0.15, 0.2) is 12.4 Å². The molecule has 0 unspecified atom stereocenters. The van der Waals surface area contributed by atoms with Gasteiger partial charge in [-0.3, -0.25) is 4.79 Å². The Hall–Kier alpha value is -2.15. The Morgan fingerprint density at radius 2 is 2.07 bits per heavy atom. The van der Waals surface area contributed by atoms with Crippen molar-refractivity contribution in [1.29, 1.82) is 5.26 Å². The third-order valence-electron chi connectivity index (χ3n) is 1.94. The van der Waals surface area contributed by atoms with Crippen LogP contribution in [0, 0.1) is 17.2 Å². The quantitative estimate of drug-likeness (QED) is 0.707. The SMILES string of the molecule is C=C(N)[C@H](C#N)C(=O)C[n+]1ccccc1. The zero-order valence-electron chi connectivity index (χ0n) is 8.26. The third-order valence-corrected chi connectivity index (χ3v) is 1.94. The summed E-state index contributed by atoms with van der Waals surface area (Å²) in [7, 11) is 0. The van der Waals surface area contributed by atoms with Crippen LogP contribution in [0.1, 0.15) is 0 Å². The summed E-state index contributed by atoms with van der Waals surface area (Å²) in [4.78, 5) is 11.6. The third kappa shape index (κ3) is 2.92. The molecule has 2 N–H and O–H groups in total. The van der Waals surface area contributed by atoms with Gasteiger partial charge in [0.05, 0.1) is 6.07 Å². The molecule has 0 aliphatic rings. The van der Waals surface area contributed by atoms with E-state index in [1.165, 1.54) is 0 Å². The first kappa shape index (κ1) is 10.9. The van der Waals surface area contributed by atoms with Gasteiger partial charge in [-0.2, -0.15) is 9.83 Å². The van der Waals surface area contributed by atoms with Crippen LogP contribution in [0.25, 0.3) is 0 Å². The number of carbonyl (C=O) groups is 1. The number of nitriles is 1. The first-order valence-corrected chi connectivity index (χ1v) is 4.46. The largest absolute Gasteiger partial charge is 0.401 e. The maximum atomic E-state index is 11.6. The van der Waals surface area contributed by atoms with Crippen LogP contribution >= 0.6 is 0 Å². The van der Waals surface area contributed by atoms with E-state index in [2.05, 4.69) is 6.58 Å². The van der Waals surface area contributed by atoms with E-state index in [9.17, 15) is 4.79 Å². The molecule has 0 radical (unpaired) electrons.